The molecule has 0 saturated carbocycles. The van der Waals surface area contributed by atoms with Crippen molar-refractivity contribution in [2.75, 3.05) is 0 Å². The van der Waals surface area contributed by atoms with E-state index in [-0.39, 0.29) is 24.0 Å². The van der Waals surface area contributed by atoms with Gasteiger partial charge in [0, 0.05) is 0 Å². The van der Waals surface area contributed by atoms with Crippen LogP contribution in [0.5, 0.6) is 0 Å². The van der Waals surface area contributed by atoms with E-state index in [0.717, 1.165) is 0 Å². The first-order chi connectivity index (χ1) is 7.56. The Hall–Kier alpha value is -1.75. The van der Waals surface area contributed by atoms with Gasteiger partial charge in [-0.2, -0.15) is 0 Å². The summed E-state index contributed by atoms with van der Waals surface area (Å²) in [6.45, 7) is 3.82. The number of para-hydroxylation sites is 1. The van der Waals surface area contributed by atoms with Crippen molar-refractivity contribution >= 4 is 12.0 Å². The first kappa shape index (κ1) is 12.3. The Morgan fingerprint density at radius 2 is 2.19 bits per heavy atom. The molecule has 0 aromatic heterocycles. The highest BCUT2D eigenvalue weighted by atomic mass is 16.6. The molecule has 0 saturated heterocycles. The van der Waals surface area contributed by atoms with Gasteiger partial charge in [0.2, 0.25) is 0 Å². The van der Waals surface area contributed by atoms with Gasteiger partial charge in [0.1, 0.15) is 0 Å². The van der Waals surface area contributed by atoms with Crippen LogP contribution in [0.25, 0.3) is 0 Å². The molecule has 5 nitrogen and oxygen atoms in total. The lowest BCUT2D eigenvalue weighted by Gasteiger charge is -2.08. The van der Waals surface area contributed by atoms with E-state index < -0.39 is 4.92 Å². The summed E-state index contributed by atoms with van der Waals surface area (Å²) >= 11 is 0. The second kappa shape index (κ2) is 5.37. The lowest BCUT2D eigenvalue weighted by Crippen LogP contribution is -2.06. The Bertz CT molecular complexity index is 401. The van der Waals surface area contributed by atoms with E-state index in [4.69, 9.17) is 4.74 Å². The molecule has 1 aromatic rings. The van der Waals surface area contributed by atoms with Crippen LogP contribution < -0.4 is 0 Å². The molecule has 0 aliphatic carbocycles. The van der Waals surface area contributed by atoms with Crippen LogP contribution in [0.4, 0.5) is 5.69 Å². The second-order valence-electron chi connectivity index (χ2n) is 3.59. The van der Waals surface area contributed by atoms with Crippen LogP contribution >= 0.6 is 0 Å². The van der Waals surface area contributed by atoms with Gasteiger partial charge in [-0.25, -0.2) is 0 Å². The maximum atomic E-state index is 10.8. The monoisotopic (exact) mass is 223 g/mol. The number of nitro groups is 1. The van der Waals surface area contributed by atoms with Crippen LogP contribution in [-0.4, -0.2) is 17.3 Å². The standard InChI is InChI=1S/C11H13NO4/c1-8(2)16-7-10-5-3-4-9(6-13)11(10)12(14)15/h3-6,8H,7H2,1-2H3. The molecular formula is C11H13NO4. The Balaban J connectivity index is 3.07. The molecule has 86 valence electrons. The molecule has 0 N–H and O–H groups in total. The number of benzene rings is 1. The van der Waals surface area contributed by atoms with Gasteiger partial charge in [0.25, 0.3) is 5.69 Å². The van der Waals surface area contributed by atoms with Crippen molar-refractivity contribution in [3.05, 3.63) is 39.4 Å². The zero-order valence-corrected chi connectivity index (χ0v) is 9.17. The summed E-state index contributed by atoms with van der Waals surface area (Å²) in [5, 5.41) is 10.8. The summed E-state index contributed by atoms with van der Waals surface area (Å²) in [6.07, 6.45) is 0.469. The fourth-order valence-electron chi connectivity index (χ4n) is 1.30. The number of ether oxygens (including phenoxy) is 1. The van der Waals surface area contributed by atoms with Crippen molar-refractivity contribution < 1.29 is 14.5 Å². The molecule has 0 amide bonds. The van der Waals surface area contributed by atoms with E-state index in [9.17, 15) is 14.9 Å². The number of hydrogen-bond donors (Lipinski definition) is 0. The number of rotatable bonds is 5. The van der Waals surface area contributed by atoms with Gasteiger partial charge in [-0.3, -0.25) is 14.9 Å². The van der Waals surface area contributed by atoms with E-state index in [1.54, 1.807) is 12.1 Å². The van der Waals surface area contributed by atoms with Gasteiger partial charge in [-0.15, -0.1) is 0 Å². The third-order valence-electron chi connectivity index (χ3n) is 2.03. The van der Waals surface area contributed by atoms with Gasteiger partial charge in [0.15, 0.2) is 6.29 Å². The number of hydrogen-bond acceptors (Lipinski definition) is 4. The molecule has 0 fully saturated rings. The summed E-state index contributed by atoms with van der Waals surface area (Å²) in [6, 6.07) is 4.62. The Morgan fingerprint density at radius 3 is 2.69 bits per heavy atom. The van der Waals surface area contributed by atoms with Gasteiger partial charge in [0.05, 0.1) is 28.8 Å². The van der Waals surface area contributed by atoms with Gasteiger partial charge in [-0.1, -0.05) is 6.07 Å². The van der Waals surface area contributed by atoms with E-state index in [1.807, 2.05) is 13.8 Å². The molecule has 1 rings (SSSR count). The van der Waals surface area contributed by atoms with E-state index in [1.165, 1.54) is 6.07 Å². The Kier molecular flexibility index (Phi) is 4.13. The van der Waals surface area contributed by atoms with Gasteiger partial charge >= 0.3 is 0 Å². The summed E-state index contributed by atoms with van der Waals surface area (Å²) in [5.74, 6) is 0. The average Bonchev–Trinajstić information content (AvgIpc) is 2.25. The quantitative estimate of drug-likeness (QED) is 0.436. The van der Waals surface area contributed by atoms with E-state index >= 15 is 0 Å². The highest BCUT2D eigenvalue weighted by molar-refractivity contribution is 5.82. The largest absolute Gasteiger partial charge is 0.374 e. The Labute approximate surface area is 93.2 Å². The minimum atomic E-state index is -0.553. The number of nitro benzene ring substituents is 1. The maximum Gasteiger partial charge on any atom is 0.285 e. The minimum absolute atomic E-state index is 0.0144. The topological polar surface area (TPSA) is 69.4 Å². The third kappa shape index (κ3) is 2.87. The summed E-state index contributed by atoms with van der Waals surface area (Å²) in [4.78, 5) is 21.0. The van der Waals surface area contributed by atoms with Crippen LogP contribution in [0.1, 0.15) is 29.8 Å². The molecule has 0 heterocycles. The lowest BCUT2D eigenvalue weighted by molar-refractivity contribution is -0.386. The molecule has 0 aliphatic rings. The maximum absolute atomic E-state index is 10.8. The van der Waals surface area contributed by atoms with Crippen LogP contribution in [0.15, 0.2) is 18.2 Å². The molecule has 16 heavy (non-hydrogen) atoms. The SMILES string of the molecule is CC(C)OCc1cccc(C=O)c1[N+](=O)[O-]. The first-order valence-corrected chi connectivity index (χ1v) is 4.89. The number of carbonyl (C=O) groups excluding carboxylic acids is 1. The smallest absolute Gasteiger partial charge is 0.285 e. The van der Waals surface area contributed by atoms with Crippen LogP contribution in [0.3, 0.4) is 0 Å². The molecule has 0 radical (unpaired) electrons. The minimum Gasteiger partial charge on any atom is -0.374 e. The highest BCUT2D eigenvalue weighted by Gasteiger charge is 2.19. The molecule has 5 heteroatoms. The Morgan fingerprint density at radius 1 is 1.50 bits per heavy atom. The van der Waals surface area contributed by atoms with Crippen molar-refractivity contribution in [3.63, 3.8) is 0 Å². The molecule has 0 bridgehead atoms. The second-order valence-corrected chi connectivity index (χ2v) is 3.59. The zero-order chi connectivity index (χ0) is 12.1. The van der Waals surface area contributed by atoms with Crippen LogP contribution in [0.2, 0.25) is 0 Å². The van der Waals surface area contributed by atoms with Gasteiger partial charge in [-0.05, 0) is 26.0 Å². The predicted octanol–water partition coefficient (Wildman–Crippen LogP) is 2.33. The summed E-state index contributed by atoms with van der Waals surface area (Å²) in [5.41, 5.74) is 0.330. The number of carbonyl (C=O) groups is 1. The fraction of sp³-hybridized carbons (Fsp3) is 0.364. The van der Waals surface area contributed by atoms with Crippen molar-refractivity contribution in [1.82, 2.24) is 0 Å². The molecular weight excluding hydrogens is 210 g/mol. The van der Waals surface area contributed by atoms with E-state index in [2.05, 4.69) is 0 Å². The van der Waals surface area contributed by atoms with Crippen molar-refractivity contribution in [2.24, 2.45) is 0 Å². The molecule has 0 aliphatic heterocycles. The number of nitrogens with zero attached hydrogens (tertiary/aromatic N) is 1. The molecule has 0 atom stereocenters. The van der Waals surface area contributed by atoms with Gasteiger partial charge < -0.3 is 4.74 Å². The first-order valence-electron chi connectivity index (χ1n) is 4.89. The average molecular weight is 223 g/mol. The molecule has 0 spiro atoms. The third-order valence-corrected chi connectivity index (χ3v) is 2.03. The van der Waals surface area contributed by atoms with Crippen molar-refractivity contribution in [3.8, 4) is 0 Å². The summed E-state index contributed by atoms with van der Waals surface area (Å²) in [7, 11) is 0. The predicted molar refractivity (Wildman–Crippen MR) is 58.4 cm³/mol. The van der Waals surface area contributed by atoms with Crippen molar-refractivity contribution in [2.45, 2.75) is 26.6 Å². The zero-order valence-electron chi connectivity index (χ0n) is 9.17. The van der Waals surface area contributed by atoms with Crippen LogP contribution in [-0.2, 0) is 11.3 Å². The molecule has 0 unspecified atom stereocenters. The normalized spacial score (nSPS) is 10.4. The summed E-state index contributed by atoms with van der Waals surface area (Å²) < 4.78 is 5.30. The fourth-order valence-corrected chi connectivity index (χ4v) is 1.30. The lowest BCUT2D eigenvalue weighted by atomic mass is 10.1. The van der Waals surface area contributed by atoms with E-state index in [0.29, 0.717) is 11.8 Å². The molecule has 1 aromatic carbocycles. The van der Waals surface area contributed by atoms with Crippen LogP contribution in [0, 0.1) is 10.1 Å². The van der Waals surface area contributed by atoms with Crippen molar-refractivity contribution in [1.29, 1.82) is 0 Å². The number of aldehydes is 1. The highest BCUT2D eigenvalue weighted by Crippen LogP contribution is 2.23.